The maximum absolute atomic E-state index is 11.5. The van der Waals surface area contributed by atoms with Gasteiger partial charge in [-0.05, 0) is 19.5 Å². The first-order chi connectivity index (χ1) is 7.52. The van der Waals surface area contributed by atoms with E-state index in [1.807, 2.05) is 0 Å². The summed E-state index contributed by atoms with van der Waals surface area (Å²) >= 11 is 0. The summed E-state index contributed by atoms with van der Waals surface area (Å²) in [6.45, 7) is 5.08. The molecule has 1 N–H and O–H groups in total. The number of hydrogen-bond donors (Lipinski definition) is 1. The highest BCUT2D eigenvalue weighted by Crippen LogP contribution is 2.29. The molecule has 1 saturated heterocycles. The number of rotatable bonds is 3. The van der Waals surface area contributed by atoms with Crippen LogP contribution in [0.5, 0.6) is 0 Å². The van der Waals surface area contributed by atoms with Crippen molar-refractivity contribution in [1.82, 2.24) is 15.1 Å². The first kappa shape index (κ1) is 11.6. The molecule has 5 nitrogen and oxygen atoms in total. The normalized spacial score (nSPS) is 22.8. The maximum atomic E-state index is 11.5. The Bertz CT molecular complexity index is 466. The van der Waals surface area contributed by atoms with Crippen molar-refractivity contribution in [1.29, 1.82) is 0 Å². The van der Waals surface area contributed by atoms with Crippen molar-refractivity contribution in [3.8, 4) is 0 Å². The van der Waals surface area contributed by atoms with Gasteiger partial charge in [-0.25, -0.2) is 8.42 Å². The standard InChI is InChI=1S/C10H17N3O2S/c1-3-13-5-4-8(7-13)10-9(6-11-12-10)16(2,14)15/h6,8H,3-5,7H2,1-2H3,(H,11,12). The van der Waals surface area contributed by atoms with E-state index in [2.05, 4.69) is 22.0 Å². The highest BCUT2D eigenvalue weighted by molar-refractivity contribution is 7.90. The van der Waals surface area contributed by atoms with Crippen molar-refractivity contribution in [2.24, 2.45) is 0 Å². The Labute approximate surface area is 95.8 Å². The highest BCUT2D eigenvalue weighted by Gasteiger charge is 2.28. The van der Waals surface area contributed by atoms with Crippen molar-refractivity contribution in [2.45, 2.75) is 24.2 Å². The van der Waals surface area contributed by atoms with Crippen LogP contribution < -0.4 is 0 Å². The molecule has 1 aliphatic heterocycles. The fourth-order valence-corrected chi connectivity index (χ4v) is 3.08. The van der Waals surface area contributed by atoms with E-state index >= 15 is 0 Å². The third-order valence-corrected chi connectivity index (χ3v) is 4.28. The predicted octanol–water partition coefficient (Wildman–Crippen LogP) is 0.622. The topological polar surface area (TPSA) is 66.1 Å². The van der Waals surface area contributed by atoms with E-state index in [4.69, 9.17) is 0 Å². The number of likely N-dealkylation sites (N-methyl/N-ethyl adjacent to an activating group) is 1. The molecule has 0 spiro atoms. The lowest BCUT2D eigenvalue weighted by Crippen LogP contribution is -2.19. The molecular formula is C10H17N3O2S. The van der Waals surface area contributed by atoms with E-state index in [9.17, 15) is 8.42 Å². The zero-order valence-corrected chi connectivity index (χ0v) is 10.4. The van der Waals surface area contributed by atoms with Gasteiger partial charge in [-0.2, -0.15) is 5.10 Å². The van der Waals surface area contributed by atoms with Gasteiger partial charge in [0.05, 0.1) is 11.9 Å². The van der Waals surface area contributed by atoms with Gasteiger partial charge in [0.1, 0.15) is 4.90 Å². The second kappa shape index (κ2) is 4.18. The lowest BCUT2D eigenvalue weighted by Gasteiger charge is -2.12. The Morgan fingerprint density at radius 2 is 2.38 bits per heavy atom. The number of likely N-dealkylation sites (tertiary alicyclic amines) is 1. The van der Waals surface area contributed by atoms with Crippen LogP contribution in [0.15, 0.2) is 11.1 Å². The van der Waals surface area contributed by atoms with Crippen LogP contribution in [0.1, 0.15) is 25.0 Å². The zero-order chi connectivity index (χ0) is 11.8. The van der Waals surface area contributed by atoms with Gasteiger partial charge in [-0.3, -0.25) is 5.10 Å². The van der Waals surface area contributed by atoms with Crippen LogP contribution in [0.2, 0.25) is 0 Å². The van der Waals surface area contributed by atoms with E-state index in [1.165, 1.54) is 12.5 Å². The minimum atomic E-state index is -3.16. The Morgan fingerprint density at radius 1 is 1.62 bits per heavy atom. The fraction of sp³-hybridized carbons (Fsp3) is 0.700. The molecule has 2 heterocycles. The van der Waals surface area contributed by atoms with Gasteiger partial charge in [0.15, 0.2) is 9.84 Å². The molecule has 1 fully saturated rings. The molecule has 0 bridgehead atoms. The number of nitrogens with zero attached hydrogens (tertiary/aromatic N) is 2. The lowest BCUT2D eigenvalue weighted by atomic mass is 10.1. The summed E-state index contributed by atoms with van der Waals surface area (Å²) in [5.41, 5.74) is 0.776. The first-order valence-corrected chi connectivity index (χ1v) is 7.37. The molecular weight excluding hydrogens is 226 g/mol. The summed E-state index contributed by atoms with van der Waals surface area (Å²) in [5.74, 6) is 0.271. The summed E-state index contributed by atoms with van der Waals surface area (Å²) in [4.78, 5) is 2.67. The fourth-order valence-electron chi connectivity index (χ4n) is 2.23. The quantitative estimate of drug-likeness (QED) is 0.845. The van der Waals surface area contributed by atoms with E-state index in [1.54, 1.807) is 0 Å². The molecule has 0 aliphatic carbocycles. The Kier molecular flexibility index (Phi) is 3.03. The summed E-state index contributed by atoms with van der Waals surface area (Å²) in [7, 11) is -3.16. The van der Waals surface area contributed by atoms with Crippen molar-refractivity contribution in [3.63, 3.8) is 0 Å². The number of aromatic nitrogens is 2. The van der Waals surface area contributed by atoms with Crippen molar-refractivity contribution in [2.75, 3.05) is 25.9 Å². The maximum Gasteiger partial charge on any atom is 0.178 e. The van der Waals surface area contributed by atoms with Gasteiger partial charge in [0.25, 0.3) is 0 Å². The van der Waals surface area contributed by atoms with Crippen LogP contribution in [-0.4, -0.2) is 49.4 Å². The predicted molar refractivity (Wildman–Crippen MR) is 61.2 cm³/mol. The van der Waals surface area contributed by atoms with Gasteiger partial charge >= 0.3 is 0 Å². The van der Waals surface area contributed by atoms with Gasteiger partial charge in [-0.1, -0.05) is 6.92 Å². The molecule has 1 aliphatic rings. The van der Waals surface area contributed by atoms with Crippen molar-refractivity contribution in [3.05, 3.63) is 11.9 Å². The number of H-pyrrole nitrogens is 1. The van der Waals surface area contributed by atoms with Gasteiger partial charge in [-0.15, -0.1) is 0 Å². The summed E-state index contributed by atoms with van der Waals surface area (Å²) in [5, 5.41) is 6.70. The molecule has 1 unspecified atom stereocenters. The lowest BCUT2D eigenvalue weighted by molar-refractivity contribution is 0.353. The van der Waals surface area contributed by atoms with Crippen molar-refractivity contribution < 1.29 is 8.42 Å². The van der Waals surface area contributed by atoms with Crippen LogP contribution in [0.25, 0.3) is 0 Å². The smallest absolute Gasteiger partial charge is 0.178 e. The van der Waals surface area contributed by atoms with E-state index in [0.717, 1.165) is 31.7 Å². The van der Waals surface area contributed by atoms with E-state index in [0.29, 0.717) is 4.90 Å². The number of aromatic amines is 1. The number of sulfone groups is 1. The molecule has 16 heavy (non-hydrogen) atoms. The number of nitrogens with one attached hydrogen (secondary N) is 1. The zero-order valence-electron chi connectivity index (χ0n) is 9.60. The summed E-state index contributed by atoms with van der Waals surface area (Å²) < 4.78 is 23.1. The van der Waals surface area contributed by atoms with Crippen molar-refractivity contribution >= 4 is 9.84 Å². The van der Waals surface area contributed by atoms with Crippen LogP contribution in [-0.2, 0) is 9.84 Å². The molecule has 1 aromatic rings. The van der Waals surface area contributed by atoms with Crippen LogP contribution in [0, 0.1) is 0 Å². The molecule has 90 valence electrons. The molecule has 6 heteroatoms. The SMILES string of the molecule is CCN1CCC(c2[nH]ncc2S(C)(=O)=O)C1. The molecule has 1 aromatic heterocycles. The number of hydrogen-bond acceptors (Lipinski definition) is 4. The van der Waals surface area contributed by atoms with Crippen LogP contribution in [0.4, 0.5) is 0 Å². The van der Waals surface area contributed by atoms with E-state index < -0.39 is 9.84 Å². The van der Waals surface area contributed by atoms with Crippen LogP contribution in [0.3, 0.4) is 0 Å². The monoisotopic (exact) mass is 243 g/mol. The Morgan fingerprint density at radius 3 is 2.94 bits per heavy atom. The minimum Gasteiger partial charge on any atom is -0.303 e. The molecule has 2 rings (SSSR count). The van der Waals surface area contributed by atoms with Gasteiger partial charge < -0.3 is 4.90 Å². The molecule has 1 atom stereocenters. The third-order valence-electron chi connectivity index (χ3n) is 3.16. The third kappa shape index (κ3) is 2.12. The summed E-state index contributed by atoms with van der Waals surface area (Å²) in [6.07, 6.45) is 3.64. The Hall–Kier alpha value is -0.880. The minimum absolute atomic E-state index is 0.271. The first-order valence-electron chi connectivity index (χ1n) is 5.48. The average molecular weight is 243 g/mol. The van der Waals surface area contributed by atoms with Gasteiger partial charge in [0.2, 0.25) is 0 Å². The molecule has 0 amide bonds. The molecule has 0 aromatic carbocycles. The summed E-state index contributed by atoms with van der Waals surface area (Å²) in [6, 6.07) is 0. The van der Waals surface area contributed by atoms with Crippen LogP contribution >= 0.6 is 0 Å². The average Bonchev–Trinajstić information content (AvgIpc) is 2.84. The second-order valence-electron chi connectivity index (χ2n) is 4.30. The largest absolute Gasteiger partial charge is 0.303 e. The van der Waals surface area contributed by atoms with Gasteiger partial charge in [0, 0.05) is 18.7 Å². The molecule has 0 radical (unpaired) electrons. The highest BCUT2D eigenvalue weighted by atomic mass is 32.2. The second-order valence-corrected chi connectivity index (χ2v) is 6.28. The van der Waals surface area contributed by atoms with E-state index in [-0.39, 0.29) is 5.92 Å². The Balaban J connectivity index is 2.26. The molecule has 0 saturated carbocycles.